The van der Waals surface area contributed by atoms with Gasteiger partial charge in [-0.05, 0) is 44.0 Å². The number of furan rings is 1. The van der Waals surface area contributed by atoms with Gasteiger partial charge in [0, 0.05) is 50.1 Å². The molecule has 2 aromatic heterocycles. The van der Waals surface area contributed by atoms with Crippen LogP contribution in [0.2, 0.25) is 0 Å². The van der Waals surface area contributed by atoms with Gasteiger partial charge >= 0.3 is 0 Å². The van der Waals surface area contributed by atoms with Gasteiger partial charge in [0.25, 0.3) is 5.91 Å². The summed E-state index contributed by atoms with van der Waals surface area (Å²) < 4.78 is 28.6. The van der Waals surface area contributed by atoms with Gasteiger partial charge in [-0.15, -0.1) is 0 Å². The average molecular weight is 535 g/mol. The van der Waals surface area contributed by atoms with E-state index in [9.17, 15) is 18.0 Å². The van der Waals surface area contributed by atoms with Crippen molar-refractivity contribution in [2.75, 3.05) is 56.5 Å². The van der Waals surface area contributed by atoms with Crippen molar-refractivity contribution in [1.29, 1.82) is 0 Å². The number of hydrogen-bond donors (Lipinski definition) is 1. The van der Waals surface area contributed by atoms with Crippen LogP contribution in [-0.2, 0) is 20.4 Å². The first-order valence-corrected chi connectivity index (χ1v) is 15.3. The van der Waals surface area contributed by atoms with Crippen molar-refractivity contribution in [3.05, 3.63) is 53.2 Å². The summed E-state index contributed by atoms with van der Waals surface area (Å²) in [7, 11) is -2.96. The van der Waals surface area contributed by atoms with Crippen molar-refractivity contribution in [2.45, 2.75) is 31.4 Å². The first kappa shape index (κ1) is 26.7. The summed E-state index contributed by atoms with van der Waals surface area (Å²) in [6, 6.07) is 7.52. The molecule has 0 radical (unpaired) electrons. The van der Waals surface area contributed by atoms with E-state index in [2.05, 4.69) is 5.32 Å². The van der Waals surface area contributed by atoms with E-state index in [-0.39, 0.29) is 35.8 Å². The Bertz CT molecular complexity index is 1130. The van der Waals surface area contributed by atoms with E-state index in [0.717, 1.165) is 41.5 Å². The van der Waals surface area contributed by atoms with Crippen LogP contribution in [-0.4, -0.2) is 91.5 Å². The van der Waals surface area contributed by atoms with Crippen molar-refractivity contribution in [3.8, 4) is 0 Å². The third-order valence-corrected chi connectivity index (χ3v) is 9.29. The molecule has 0 aliphatic carbocycles. The van der Waals surface area contributed by atoms with Crippen LogP contribution in [0, 0.1) is 6.92 Å². The molecule has 0 atom stereocenters. The van der Waals surface area contributed by atoms with E-state index < -0.39 is 9.84 Å². The summed E-state index contributed by atoms with van der Waals surface area (Å²) in [5.41, 5.74) is 2.29. The van der Waals surface area contributed by atoms with Crippen LogP contribution >= 0.6 is 11.8 Å². The fraction of sp³-hybridized carbons (Fsp3) is 0.560. The van der Waals surface area contributed by atoms with Gasteiger partial charge in [0.2, 0.25) is 5.91 Å². The first-order valence-electron chi connectivity index (χ1n) is 12.4. The summed E-state index contributed by atoms with van der Waals surface area (Å²) >= 11 is 1.70. The minimum absolute atomic E-state index is 0.0370. The number of likely N-dealkylation sites (tertiary alicyclic amines) is 1. The number of pyridine rings is 1. The molecule has 11 heteroatoms. The number of aromatic nitrogens is 1. The molecule has 2 fully saturated rings. The third-order valence-electron chi connectivity index (χ3n) is 6.70. The van der Waals surface area contributed by atoms with Crippen LogP contribution < -0.4 is 5.32 Å². The molecule has 2 aliphatic heterocycles. The highest BCUT2D eigenvalue weighted by atomic mass is 32.2. The Labute approximate surface area is 216 Å². The standard InChI is InChI=1S/C25H34N4O5S2/c1-19-4-5-22(25(31)26-8-14-35-18-21-3-2-13-34-21)24(27-19)20-6-9-29(10-7-20)23(30)17-28-11-15-36(32,33)16-12-28/h2-5,13,20H,6-12,14-18H2,1H3,(H,26,31). The minimum Gasteiger partial charge on any atom is -0.468 e. The summed E-state index contributed by atoms with van der Waals surface area (Å²) in [5, 5.41) is 3.01. The van der Waals surface area contributed by atoms with E-state index in [1.807, 2.05) is 41.0 Å². The number of carbonyl (C=O) groups excluding carboxylic acids is 2. The average Bonchev–Trinajstić information content (AvgIpc) is 3.38. The fourth-order valence-electron chi connectivity index (χ4n) is 4.58. The molecule has 2 saturated heterocycles. The van der Waals surface area contributed by atoms with Crippen LogP contribution in [0.15, 0.2) is 34.9 Å². The topological polar surface area (TPSA) is 113 Å². The van der Waals surface area contributed by atoms with E-state index >= 15 is 0 Å². The highest BCUT2D eigenvalue weighted by Gasteiger charge is 2.30. The highest BCUT2D eigenvalue weighted by Crippen LogP contribution is 2.29. The van der Waals surface area contributed by atoms with E-state index in [4.69, 9.17) is 9.40 Å². The Kier molecular flexibility index (Phi) is 9.08. The lowest BCUT2D eigenvalue weighted by Crippen LogP contribution is -2.48. The van der Waals surface area contributed by atoms with Crippen molar-refractivity contribution < 1.29 is 22.4 Å². The maximum absolute atomic E-state index is 13.0. The Morgan fingerprint density at radius 3 is 2.58 bits per heavy atom. The number of nitrogens with one attached hydrogen (secondary N) is 1. The zero-order valence-electron chi connectivity index (χ0n) is 20.6. The second-order valence-electron chi connectivity index (χ2n) is 9.36. The number of hydrogen-bond acceptors (Lipinski definition) is 8. The number of rotatable bonds is 9. The van der Waals surface area contributed by atoms with Crippen molar-refractivity contribution >= 4 is 33.4 Å². The molecule has 4 rings (SSSR count). The molecule has 4 heterocycles. The molecule has 0 spiro atoms. The molecular formula is C25H34N4O5S2. The smallest absolute Gasteiger partial charge is 0.253 e. The molecule has 36 heavy (non-hydrogen) atoms. The monoisotopic (exact) mass is 534 g/mol. The lowest BCUT2D eigenvalue weighted by Gasteiger charge is -2.34. The lowest BCUT2D eigenvalue weighted by molar-refractivity contribution is -0.133. The second kappa shape index (κ2) is 12.2. The van der Waals surface area contributed by atoms with Crippen LogP contribution in [0.1, 0.15) is 46.3 Å². The number of piperidine rings is 1. The predicted octanol–water partition coefficient (Wildman–Crippen LogP) is 2.08. The van der Waals surface area contributed by atoms with Crippen LogP contribution in [0.3, 0.4) is 0 Å². The predicted molar refractivity (Wildman–Crippen MR) is 140 cm³/mol. The maximum atomic E-state index is 13.0. The van der Waals surface area contributed by atoms with Gasteiger partial charge in [0.1, 0.15) is 5.76 Å². The molecule has 196 valence electrons. The van der Waals surface area contributed by atoms with Crippen molar-refractivity contribution in [2.24, 2.45) is 0 Å². The van der Waals surface area contributed by atoms with E-state index in [1.165, 1.54) is 0 Å². The quantitative estimate of drug-likeness (QED) is 0.487. The van der Waals surface area contributed by atoms with E-state index in [0.29, 0.717) is 38.3 Å². The molecular weight excluding hydrogens is 500 g/mol. The highest BCUT2D eigenvalue weighted by molar-refractivity contribution is 7.98. The zero-order chi connectivity index (χ0) is 25.5. The first-order chi connectivity index (χ1) is 17.3. The molecule has 2 aliphatic rings. The normalized spacial score (nSPS) is 18.8. The molecule has 0 bridgehead atoms. The van der Waals surface area contributed by atoms with Crippen molar-refractivity contribution in [3.63, 3.8) is 0 Å². The number of aryl methyl sites for hydroxylation is 1. The summed E-state index contributed by atoms with van der Waals surface area (Å²) in [6.07, 6.45) is 3.15. The molecule has 0 aromatic carbocycles. The number of sulfone groups is 1. The summed E-state index contributed by atoms with van der Waals surface area (Å²) in [4.78, 5) is 34.3. The molecule has 0 saturated carbocycles. The lowest BCUT2D eigenvalue weighted by atomic mass is 9.89. The van der Waals surface area contributed by atoms with Gasteiger partial charge < -0.3 is 14.6 Å². The summed E-state index contributed by atoms with van der Waals surface area (Å²) in [6.45, 7) is 4.78. The molecule has 2 amide bonds. The van der Waals surface area contributed by atoms with Crippen LogP contribution in [0.25, 0.3) is 0 Å². The molecule has 9 nitrogen and oxygen atoms in total. The van der Waals surface area contributed by atoms with Gasteiger partial charge in [0.15, 0.2) is 9.84 Å². The number of thioether (sulfide) groups is 1. The summed E-state index contributed by atoms with van der Waals surface area (Å²) in [5.74, 6) is 2.75. The Morgan fingerprint density at radius 1 is 1.14 bits per heavy atom. The number of amides is 2. The largest absolute Gasteiger partial charge is 0.468 e. The molecule has 0 unspecified atom stereocenters. The molecule has 1 N–H and O–H groups in total. The van der Waals surface area contributed by atoms with Gasteiger partial charge in [-0.2, -0.15) is 11.8 Å². The van der Waals surface area contributed by atoms with Gasteiger partial charge in [-0.1, -0.05) is 0 Å². The second-order valence-corrected chi connectivity index (χ2v) is 12.8. The van der Waals surface area contributed by atoms with Crippen LogP contribution in [0.5, 0.6) is 0 Å². The number of nitrogens with zero attached hydrogens (tertiary/aromatic N) is 3. The Morgan fingerprint density at radius 2 is 1.89 bits per heavy atom. The third kappa shape index (κ3) is 7.33. The van der Waals surface area contributed by atoms with Gasteiger partial charge in [0.05, 0.1) is 41.3 Å². The van der Waals surface area contributed by atoms with E-state index in [1.54, 1.807) is 18.0 Å². The SMILES string of the molecule is Cc1ccc(C(=O)NCCSCc2ccco2)c(C2CCN(C(=O)CN3CCS(=O)(=O)CC3)CC2)n1. The number of carbonyl (C=O) groups is 2. The van der Waals surface area contributed by atoms with Crippen molar-refractivity contribution in [1.82, 2.24) is 20.1 Å². The molecule has 2 aromatic rings. The van der Waals surface area contributed by atoms with Crippen LogP contribution in [0.4, 0.5) is 0 Å². The maximum Gasteiger partial charge on any atom is 0.253 e. The zero-order valence-corrected chi connectivity index (χ0v) is 22.3. The van der Waals surface area contributed by atoms with Gasteiger partial charge in [-0.3, -0.25) is 19.5 Å². The minimum atomic E-state index is -2.96. The Hall–Kier alpha value is -2.37. The Balaban J connectivity index is 1.27. The van der Waals surface area contributed by atoms with Gasteiger partial charge in [-0.25, -0.2) is 8.42 Å². The fourth-order valence-corrected chi connectivity index (χ4v) is 6.61.